The van der Waals surface area contributed by atoms with E-state index in [9.17, 15) is 4.79 Å². The average Bonchev–Trinajstić information content (AvgIpc) is 3.17. The highest BCUT2D eigenvalue weighted by Gasteiger charge is 2.30. The molecule has 0 radical (unpaired) electrons. The van der Waals surface area contributed by atoms with E-state index in [4.69, 9.17) is 28.2 Å². The molecule has 1 aliphatic rings. The first-order chi connectivity index (χ1) is 13.0. The maximum Gasteiger partial charge on any atom is 0.223 e. The molecule has 7 heteroatoms. The maximum absolute atomic E-state index is 12.5. The molecule has 0 saturated carbocycles. The first-order valence-corrected chi connectivity index (χ1v) is 9.88. The molecule has 1 saturated heterocycles. The van der Waals surface area contributed by atoms with E-state index in [1.807, 2.05) is 35.2 Å². The second-order valence-electron chi connectivity index (χ2n) is 6.97. The number of carbonyl (C=O) groups is 1. The number of hydrogen-bond acceptors (Lipinski definition) is 3. The van der Waals surface area contributed by atoms with Crippen molar-refractivity contribution in [1.29, 1.82) is 0 Å². The minimum Gasteiger partial charge on any atom is -0.336 e. The molecule has 2 aromatic heterocycles. The minimum atomic E-state index is 0.187. The first kappa shape index (κ1) is 18.3. The van der Waals surface area contributed by atoms with E-state index in [0.717, 1.165) is 36.3 Å². The number of likely N-dealkylation sites (tertiary alicyclic amines) is 1. The molecule has 0 bridgehead atoms. The summed E-state index contributed by atoms with van der Waals surface area (Å²) in [4.78, 5) is 19.2. The van der Waals surface area contributed by atoms with Crippen molar-refractivity contribution in [2.24, 2.45) is 5.92 Å². The molecular weight excluding hydrogens is 383 g/mol. The monoisotopic (exact) mass is 402 g/mol. The van der Waals surface area contributed by atoms with Crippen molar-refractivity contribution < 1.29 is 4.79 Å². The van der Waals surface area contributed by atoms with Crippen LogP contribution < -0.4 is 0 Å². The Morgan fingerprint density at radius 2 is 1.93 bits per heavy atom. The van der Waals surface area contributed by atoms with Crippen molar-refractivity contribution >= 4 is 34.8 Å². The van der Waals surface area contributed by atoms with Crippen molar-refractivity contribution in [3.8, 4) is 11.3 Å². The van der Waals surface area contributed by atoms with Gasteiger partial charge in [-0.05, 0) is 36.6 Å². The van der Waals surface area contributed by atoms with Gasteiger partial charge in [0.15, 0.2) is 5.65 Å². The van der Waals surface area contributed by atoms with Crippen LogP contribution in [0.15, 0.2) is 36.4 Å². The summed E-state index contributed by atoms with van der Waals surface area (Å²) in [6, 6.07) is 11.1. The van der Waals surface area contributed by atoms with Crippen LogP contribution in [0.25, 0.3) is 16.9 Å². The summed E-state index contributed by atoms with van der Waals surface area (Å²) >= 11 is 12.2. The SMILES string of the molecule is CCCC1CC(=O)N(Cc2c(-c3ccc(Cl)cc3)nc3ccc(Cl)nn23)C1. The fourth-order valence-corrected chi connectivity index (χ4v) is 3.99. The predicted octanol–water partition coefficient (Wildman–Crippen LogP) is 4.85. The Morgan fingerprint density at radius 1 is 1.15 bits per heavy atom. The van der Waals surface area contributed by atoms with Gasteiger partial charge in [0, 0.05) is 23.6 Å². The number of amides is 1. The zero-order valence-electron chi connectivity index (χ0n) is 15.0. The molecule has 1 amide bonds. The molecular formula is C20H20Cl2N4O. The summed E-state index contributed by atoms with van der Waals surface area (Å²) in [7, 11) is 0. The van der Waals surface area contributed by atoms with Crippen LogP contribution in [0.2, 0.25) is 10.2 Å². The second kappa shape index (κ2) is 7.49. The van der Waals surface area contributed by atoms with Gasteiger partial charge in [0.1, 0.15) is 5.15 Å². The molecule has 1 aromatic carbocycles. The van der Waals surface area contributed by atoms with E-state index in [1.165, 1.54) is 0 Å². The fourth-order valence-electron chi connectivity index (χ4n) is 3.73. The topological polar surface area (TPSA) is 50.5 Å². The van der Waals surface area contributed by atoms with Gasteiger partial charge in [-0.1, -0.05) is 48.7 Å². The molecule has 0 aliphatic carbocycles. The van der Waals surface area contributed by atoms with Crippen LogP contribution in [0.5, 0.6) is 0 Å². The molecule has 1 aliphatic heterocycles. The zero-order valence-corrected chi connectivity index (χ0v) is 16.5. The average molecular weight is 403 g/mol. The summed E-state index contributed by atoms with van der Waals surface area (Å²) in [5.74, 6) is 0.615. The van der Waals surface area contributed by atoms with Crippen LogP contribution in [-0.2, 0) is 11.3 Å². The molecule has 27 heavy (non-hydrogen) atoms. The third-order valence-electron chi connectivity index (χ3n) is 4.99. The molecule has 3 heterocycles. The van der Waals surface area contributed by atoms with Crippen molar-refractivity contribution in [2.75, 3.05) is 6.54 Å². The van der Waals surface area contributed by atoms with E-state index in [2.05, 4.69) is 12.0 Å². The van der Waals surface area contributed by atoms with Crippen LogP contribution in [0, 0.1) is 5.92 Å². The van der Waals surface area contributed by atoms with E-state index >= 15 is 0 Å². The molecule has 4 rings (SSSR count). The molecule has 0 spiro atoms. The van der Waals surface area contributed by atoms with Gasteiger partial charge in [0.2, 0.25) is 5.91 Å². The van der Waals surface area contributed by atoms with E-state index in [1.54, 1.807) is 10.6 Å². The van der Waals surface area contributed by atoms with Gasteiger partial charge in [-0.3, -0.25) is 4.79 Å². The Balaban J connectivity index is 1.75. The van der Waals surface area contributed by atoms with Crippen LogP contribution >= 0.6 is 23.2 Å². The van der Waals surface area contributed by atoms with Gasteiger partial charge in [0.05, 0.1) is 17.9 Å². The molecule has 1 unspecified atom stereocenters. The van der Waals surface area contributed by atoms with Crippen LogP contribution in [0.3, 0.4) is 0 Å². The van der Waals surface area contributed by atoms with Gasteiger partial charge in [0.25, 0.3) is 0 Å². The third kappa shape index (κ3) is 3.66. The predicted molar refractivity (Wildman–Crippen MR) is 107 cm³/mol. The second-order valence-corrected chi connectivity index (χ2v) is 7.80. The Morgan fingerprint density at radius 3 is 2.67 bits per heavy atom. The number of imidazole rings is 1. The number of fused-ring (bicyclic) bond motifs is 1. The van der Waals surface area contributed by atoms with Crippen molar-refractivity contribution in [1.82, 2.24) is 19.5 Å². The summed E-state index contributed by atoms with van der Waals surface area (Å²) in [6.45, 7) is 3.40. The number of aromatic nitrogens is 3. The normalized spacial score (nSPS) is 17.2. The number of rotatable bonds is 5. The lowest BCUT2D eigenvalue weighted by Crippen LogP contribution is -2.26. The number of benzene rings is 1. The molecule has 5 nitrogen and oxygen atoms in total. The lowest BCUT2D eigenvalue weighted by Gasteiger charge is -2.17. The Kier molecular flexibility index (Phi) is 5.06. The highest BCUT2D eigenvalue weighted by atomic mass is 35.5. The fraction of sp³-hybridized carbons (Fsp3) is 0.350. The van der Waals surface area contributed by atoms with Gasteiger partial charge >= 0.3 is 0 Å². The van der Waals surface area contributed by atoms with E-state index in [-0.39, 0.29) is 5.91 Å². The van der Waals surface area contributed by atoms with Crippen molar-refractivity contribution in [2.45, 2.75) is 32.7 Å². The van der Waals surface area contributed by atoms with Crippen LogP contribution in [-0.4, -0.2) is 31.9 Å². The van der Waals surface area contributed by atoms with Crippen LogP contribution in [0.1, 0.15) is 31.9 Å². The lowest BCUT2D eigenvalue weighted by molar-refractivity contribution is -0.128. The Bertz CT molecular complexity index is 984. The number of hydrogen-bond donors (Lipinski definition) is 0. The van der Waals surface area contributed by atoms with E-state index in [0.29, 0.717) is 34.7 Å². The van der Waals surface area contributed by atoms with Crippen LogP contribution in [0.4, 0.5) is 0 Å². The highest BCUT2D eigenvalue weighted by molar-refractivity contribution is 6.30. The van der Waals surface area contributed by atoms with E-state index < -0.39 is 0 Å². The van der Waals surface area contributed by atoms with Crippen molar-refractivity contribution in [3.63, 3.8) is 0 Å². The molecule has 1 fully saturated rings. The molecule has 140 valence electrons. The van der Waals surface area contributed by atoms with Gasteiger partial charge in [-0.15, -0.1) is 0 Å². The molecule has 3 aromatic rings. The van der Waals surface area contributed by atoms with Crippen molar-refractivity contribution in [3.05, 3.63) is 52.3 Å². The zero-order chi connectivity index (χ0) is 19.0. The first-order valence-electron chi connectivity index (χ1n) is 9.13. The molecule has 0 N–H and O–H groups in total. The number of halogens is 2. The lowest BCUT2D eigenvalue weighted by atomic mass is 10.0. The largest absolute Gasteiger partial charge is 0.336 e. The Hall–Kier alpha value is -2.11. The maximum atomic E-state index is 12.5. The minimum absolute atomic E-state index is 0.187. The van der Waals surface area contributed by atoms with Gasteiger partial charge in [-0.25, -0.2) is 9.50 Å². The number of nitrogens with zero attached hydrogens (tertiary/aromatic N) is 4. The van der Waals surface area contributed by atoms with Gasteiger partial charge in [-0.2, -0.15) is 5.10 Å². The number of carbonyl (C=O) groups excluding carboxylic acids is 1. The summed E-state index contributed by atoms with van der Waals surface area (Å²) in [5, 5.41) is 5.48. The smallest absolute Gasteiger partial charge is 0.223 e. The Labute approximate surface area is 167 Å². The standard InChI is InChI=1S/C20H20Cl2N4O/c1-2-3-13-10-19(27)25(11-13)12-16-20(14-4-6-15(21)7-5-14)23-18-9-8-17(22)24-26(16)18/h4-9,13H,2-3,10-12H2,1H3. The summed E-state index contributed by atoms with van der Waals surface area (Å²) in [6.07, 6.45) is 2.78. The molecule has 1 atom stereocenters. The highest BCUT2D eigenvalue weighted by Crippen LogP contribution is 2.30. The summed E-state index contributed by atoms with van der Waals surface area (Å²) in [5.41, 5.74) is 3.30. The summed E-state index contributed by atoms with van der Waals surface area (Å²) < 4.78 is 1.74. The third-order valence-corrected chi connectivity index (χ3v) is 5.44. The quantitative estimate of drug-likeness (QED) is 0.612. The van der Waals surface area contributed by atoms with Gasteiger partial charge < -0.3 is 4.90 Å².